The maximum atomic E-state index is 11.3. The first-order valence-corrected chi connectivity index (χ1v) is 6.31. The highest BCUT2D eigenvalue weighted by Crippen LogP contribution is 2.27. The molecule has 3 rings (SSSR count). The lowest BCUT2D eigenvalue weighted by Crippen LogP contribution is -1.95. The largest absolute Gasteiger partial charge is 0.314 e. The Bertz CT molecular complexity index is 853. The molecule has 3 heteroatoms. The van der Waals surface area contributed by atoms with Gasteiger partial charge in [-0.05, 0) is 30.7 Å². The first kappa shape index (κ1) is 12.2. The van der Waals surface area contributed by atoms with Crippen LogP contribution in [0.25, 0.3) is 16.6 Å². The molecule has 0 bridgehead atoms. The molecule has 0 fully saturated rings. The fourth-order valence-electron chi connectivity index (χ4n) is 2.57. The Labute approximate surface area is 116 Å². The number of rotatable bonds is 2. The van der Waals surface area contributed by atoms with E-state index in [1.165, 1.54) is 0 Å². The lowest BCUT2D eigenvalue weighted by molar-refractivity contribution is 0.112. The number of aromatic nitrogens is 1. The summed E-state index contributed by atoms with van der Waals surface area (Å²) >= 11 is 0. The Hall–Kier alpha value is -2.86. The SMILES string of the molecule is Cc1cccc2c1c(C=O)cn2-c1ccccc1C#N. The molecule has 0 saturated carbocycles. The molecular weight excluding hydrogens is 248 g/mol. The summed E-state index contributed by atoms with van der Waals surface area (Å²) in [5.41, 5.74) is 4.01. The number of para-hydroxylation sites is 1. The molecule has 20 heavy (non-hydrogen) atoms. The van der Waals surface area contributed by atoms with Crippen molar-refractivity contribution in [1.29, 1.82) is 5.26 Å². The maximum Gasteiger partial charge on any atom is 0.152 e. The van der Waals surface area contributed by atoms with E-state index in [2.05, 4.69) is 6.07 Å². The number of fused-ring (bicyclic) bond motifs is 1. The van der Waals surface area contributed by atoms with Crippen molar-refractivity contribution in [3.63, 3.8) is 0 Å². The van der Waals surface area contributed by atoms with Crippen molar-refractivity contribution in [1.82, 2.24) is 4.57 Å². The zero-order chi connectivity index (χ0) is 14.1. The maximum absolute atomic E-state index is 11.3. The molecule has 96 valence electrons. The predicted octanol–water partition coefficient (Wildman–Crippen LogP) is 3.62. The minimum absolute atomic E-state index is 0.586. The van der Waals surface area contributed by atoms with Crippen molar-refractivity contribution >= 4 is 17.2 Å². The van der Waals surface area contributed by atoms with Gasteiger partial charge in [0.05, 0.1) is 16.8 Å². The molecule has 3 aromatic rings. The number of nitrogens with zero attached hydrogens (tertiary/aromatic N) is 2. The molecule has 0 spiro atoms. The molecule has 0 aliphatic rings. The Balaban J connectivity index is 2.41. The summed E-state index contributed by atoms with van der Waals surface area (Å²) in [4.78, 5) is 11.3. The molecule has 0 atom stereocenters. The van der Waals surface area contributed by atoms with Gasteiger partial charge in [-0.15, -0.1) is 0 Å². The second kappa shape index (κ2) is 4.67. The topological polar surface area (TPSA) is 45.8 Å². The van der Waals surface area contributed by atoms with Gasteiger partial charge in [-0.25, -0.2) is 0 Å². The molecule has 0 radical (unpaired) electrons. The van der Waals surface area contributed by atoms with Crippen LogP contribution >= 0.6 is 0 Å². The quantitative estimate of drug-likeness (QED) is 0.660. The number of hydrogen-bond donors (Lipinski definition) is 0. The Kier molecular flexibility index (Phi) is 2.85. The standard InChI is InChI=1S/C17H12N2O/c1-12-5-4-8-16-17(12)14(11-20)10-19(16)15-7-3-2-6-13(15)9-18/h2-8,10-11H,1H3. The molecule has 0 amide bonds. The monoisotopic (exact) mass is 260 g/mol. The second-order valence-corrected chi connectivity index (χ2v) is 4.67. The minimum Gasteiger partial charge on any atom is -0.314 e. The van der Waals surface area contributed by atoms with Crippen LogP contribution < -0.4 is 0 Å². The number of carbonyl (C=O) groups is 1. The van der Waals surface area contributed by atoms with Crippen LogP contribution in [0.1, 0.15) is 21.5 Å². The lowest BCUT2D eigenvalue weighted by atomic mass is 10.1. The van der Waals surface area contributed by atoms with Gasteiger partial charge in [-0.2, -0.15) is 5.26 Å². The zero-order valence-electron chi connectivity index (χ0n) is 11.0. The number of aldehydes is 1. The van der Waals surface area contributed by atoms with Crippen LogP contribution in [0.4, 0.5) is 0 Å². The van der Waals surface area contributed by atoms with Crippen molar-refractivity contribution < 1.29 is 4.79 Å². The van der Waals surface area contributed by atoms with E-state index in [4.69, 9.17) is 0 Å². The molecule has 0 aliphatic carbocycles. The highest BCUT2D eigenvalue weighted by molar-refractivity contribution is 6.00. The van der Waals surface area contributed by atoms with E-state index in [0.717, 1.165) is 28.4 Å². The molecule has 1 heterocycles. The highest BCUT2D eigenvalue weighted by Gasteiger charge is 2.13. The van der Waals surface area contributed by atoms with Gasteiger partial charge in [0.2, 0.25) is 0 Å². The third kappa shape index (κ3) is 1.70. The fourth-order valence-corrected chi connectivity index (χ4v) is 2.57. The summed E-state index contributed by atoms with van der Waals surface area (Å²) in [5, 5.41) is 10.2. The smallest absolute Gasteiger partial charge is 0.152 e. The fraction of sp³-hybridized carbons (Fsp3) is 0.0588. The number of nitriles is 1. The van der Waals surface area contributed by atoms with Crippen molar-refractivity contribution in [2.45, 2.75) is 6.92 Å². The Morgan fingerprint density at radius 1 is 1.15 bits per heavy atom. The van der Waals surface area contributed by atoms with E-state index in [-0.39, 0.29) is 0 Å². The third-order valence-corrected chi connectivity index (χ3v) is 3.48. The van der Waals surface area contributed by atoms with Crippen LogP contribution in [-0.4, -0.2) is 10.9 Å². The predicted molar refractivity (Wildman–Crippen MR) is 78.1 cm³/mol. The summed E-state index contributed by atoms with van der Waals surface area (Å²) in [7, 11) is 0. The first-order chi connectivity index (χ1) is 9.76. The van der Waals surface area contributed by atoms with E-state index in [1.54, 1.807) is 12.3 Å². The molecule has 3 nitrogen and oxygen atoms in total. The van der Waals surface area contributed by atoms with E-state index in [9.17, 15) is 10.1 Å². The Morgan fingerprint density at radius 3 is 2.70 bits per heavy atom. The van der Waals surface area contributed by atoms with E-state index < -0.39 is 0 Å². The lowest BCUT2D eigenvalue weighted by Gasteiger charge is -2.07. The third-order valence-electron chi connectivity index (χ3n) is 3.48. The van der Waals surface area contributed by atoms with Crippen molar-refractivity contribution in [2.24, 2.45) is 0 Å². The van der Waals surface area contributed by atoms with Crippen LogP contribution in [0.15, 0.2) is 48.7 Å². The zero-order valence-corrected chi connectivity index (χ0v) is 11.0. The van der Waals surface area contributed by atoms with Crippen molar-refractivity contribution in [3.8, 4) is 11.8 Å². The van der Waals surface area contributed by atoms with Gasteiger partial charge in [-0.3, -0.25) is 4.79 Å². The van der Waals surface area contributed by atoms with E-state index >= 15 is 0 Å². The van der Waals surface area contributed by atoms with Gasteiger partial charge in [0.25, 0.3) is 0 Å². The Morgan fingerprint density at radius 2 is 1.95 bits per heavy atom. The highest BCUT2D eigenvalue weighted by atomic mass is 16.1. The van der Waals surface area contributed by atoms with Crippen molar-refractivity contribution in [3.05, 3.63) is 65.4 Å². The molecule has 0 aliphatic heterocycles. The second-order valence-electron chi connectivity index (χ2n) is 4.67. The van der Waals surface area contributed by atoms with Gasteiger partial charge in [0, 0.05) is 17.1 Å². The summed E-state index contributed by atoms with van der Waals surface area (Å²) in [6, 6.07) is 15.5. The van der Waals surface area contributed by atoms with Crippen LogP contribution in [0.3, 0.4) is 0 Å². The van der Waals surface area contributed by atoms with E-state index in [1.807, 2.05) is 47.9 Å². The molecular formula is C17H12N2O. The van der Waals surface area contributed by atoms with Gasteiger partial charge >= 0.3 is 0 Å². The van der Waals surface area contributed by atoms with Crippen LogP contribution in [0.5, 0.6) is 0 Å². The number of aryl methyl sites for hydroxylation is 1. The molecule has 0 saturated heterocycles. The van der Waals surface area contributed by atoms with Crippen LogP contribution in [0.2, 0.25) is 0 Å². The molecule has 0 unspecified atom stereocenters. The minimum atomic E-state index is 0.586. The first-order valence-electron chi connectivity index (χ1n) is 6.31. The summed E-state index contributed by atoms with van der Waals surface area (Å²) in [6.45, 7) is 1.98. The summed E-state index contributed by atoms with van der Waals surface area (Å²) in [6.07, 6.45) is 2.65. The van der Waals surface area contributed by atoms with E-state index in [0.29, 0.717) is 11.1 Å². The summed E-state index contributed by atoms with van der Waals surface area (Å²) in [5.74, 6) is 0. The van der Waals surface area contributed by atoms with Crippen LogP contribution in [-0.2, 0) is 0 Å². The van der Waals surface area contributed by atoms with Gasteiger partial charge < -0.3 is 4.57 Å². The van der Waals surface area contributed by atoms with Crippen molar-refractivity contribution in [2.75, 3.05) is 0 Å². The molecule has 0 N–H and O–H groups in total. The molecule has 1 aromatic heterocycles. The van der Waals surface area contributed by atoms with Gasteiger partial charge in [0.1, 0.15) is 6.07 Å². The average molecular weight is 260 g/mol. The van der Waals surface area contributed by atoms with Gasteiger partial charge in [-0.1, -0.05) is 24.3 Å². The van der Waals surface area contributed by atoms with Gasteiger partial charge in [0.15, 0.2) is 6.29 Å². The summed E-state index contributed by atoms with van der Waals surface area (Å²) < 4.78 is 1.91. The van der Waals surface area contributed by atoms with Crippen LogP contribution in [0, 0.1) is 18.3 Å². The number of benzene rings is 2. The average Bonchev–Trinajstić information content (AvgIpc) is 2.87. The number of carbonyl (C=O) groups excluding carboxylic acids is 1. The normalized spacial score (nSPS) is 10.4. The molecule has 2 aromatic carbocycles. The number of hydrogen-bond acceptors (Lipinski definition) is 2.